The maximum Gasteiger partial charge on any atom is 0.329 e. The van der Waals surface area contributed by atoms with Crippen LogP contribution in [0.5, 0.6) is 0 Å². The highest BCUT2D eigenvalue weighted by atomic mass is 79.9. The van der Waals surface area contributed by atoms with Crippen LogP contribution in [0, 0.1) is 19.3 Å². The first-order valence-corrected chi connectivity index (χ1v) is 14.0. The summed E-state index contributed by atoms with van der Waals surface area (Å²) in [6, 6.07) is 13.3. The van der Waals surface area contributed by atoms with Gasteiger partial charge in [0.25, 0.3) is 0 Å². The number of benzene rings is 2. The Hall–Kier alpha value is -1.74. The number of hydrogen-bond acceptors (Lipinski definition) is 4. The van der Waals surface area contributed by atoms with Crippen LogP contribution in [0.2, 0.25) is 0 Å². The summed E-state index contributed by atoms with van der Waals surface area (Å²) in [6.07, 6.45) is 5.15. The van der Waals surface area contributed by atoms with Crippen molar-refractivity contribution in [2.75, 3.05) is 39.4 Å². The van der Waals surface area contributed by atoms with E-state index in [4.69, 9.17) is 9.84 Å². The summed E-state index contributed by atoms with van der Waals surface area (Å²) in [6.45, 7) is 7.11. The van der Waals surface area contributed by atoms with Crippen molar-refractivity contribution in [1.82, 2.24) is 10.2 Å². The van der Waals surface area contributed by atoms with Crippen molar-refractivity contribution in [3.63, 3.8) is 0 Å². The van der Waals surface area contributed by atoms with Crippen LogP contribution < -0.4 is 5.32 Å². The molecule has 0 saturated carbocycles. The molecule has 2 aromatic rings. The van der Waals surface area contributed by atoms with E-state index in [0.717, 1.165) is 51.7 Å². The van der Waals surface area contributed by atoms with Crippen LogP contribution in [0.25, 0.3) is 0 Å². The Labute approximate surface area is 231 Å². The zero-order chi connectivity index (χ0) is 26.1. The lowest BCUT2D eigenvalue weighted by Crippen LogP contribution is -2.43. The second-order valence-corrected chi connectivity index (χ2v) is 11.7. The van der Waals surface area contributed by atoms with Crippen molar-refractivity contribution >= 4 is 43.7 Å². The molecule has 0 atom stereocenters. The van der Waals surface area contributed by atoms with E-state index in [-0.39, 0.29) is 17.9 Å². The Bertz CT molecular complexity index is 996. The molecule has 0 radical (unpaired) electrons. The molecule has 0 spiro atoms. The van der Waals surface area contributed by atoms with E-state index >= 15 is 0 Å². The summed E-state index contributed by atoms with van der Waals surface area (Å²) in [5, 5.41) is 11.4. The highest BCUT2D eigenvalue weighted by Crippen LogP contribution is 2.41. The maximum absolute atomic E-state index is 11.8. The van der Waals surface area contributed by atoms with Crippen molar-refractivity contribution in [1.29, 1.82) is 0 Å². The number of nitrogens with one attached hydrogen (secondary N) is 1. The average molecular weight is 624 g/mol. The number of rotatable bonds is 12. The molecule has 0 aromatic heterocycles. The first-order valence-electron chi connectivity index (χ1n) is 12.4. The Kier molecular flexibility index (Phi) is 11.0. The molecule has 8 heteroatoms. The first-order chi connectivity index (χ1) is 17.2. The molecule has 0 aliphatic carbocycles. The van der Waals surface area contributed by atoms with Gasteiger partial charge in [0.2, 0.25) is 5.91 Å². The number of aliphatic carboxylic acids is 1. The molecule has 0 bridgehead atoms. The summed E-state index contributed by atoms with van der Waals surface area (Å²) in [5.74, 6) is -1.35. The smallest absolute Gasteiger partial charge is 0.329 e. The largest absolute Gasteiger partial charge is 0.480 e. The molecular weight excluding hydrogens is 588 g/mol. The average Bonchev–Trinajstić information content (AvgIpc) is 2.81. The minimum absolute atomic E-state index is 0.182. The second-order valence-electron chi connectivity index (χ2n) is 9.97. The summed E-state index contributed by atoms with van der Waals surface area (Å²) >= 11 is 7.61. The minimum Gasteiger partial charge on any atom is -0.480 e. The number of hydrogen-bond donors (Lipinski definition) is 2. The molecule has 3 rings (SSSR count). The van der Waals surface area contributed by atoms with E-state index in [2.05, 4.69) is 92.3 Å². The predicted molar refractivity (Wildman–Crippen MR) is 149 cm³/mol. The fourth-order valence-corrected chi connectivity index (χ4v) is 6.15. The van der Waals surface area contributed by atoms with E-state index in [1.807, 2.05) is 0 Å². The highest BCUT2D eigenvalue weighted by Gasteiger charge is 2.35. The third kappa shape index (κ3) is 8.98. The van der Waals surface area contributed by atoms with Crippen LogP contribution in [0.3, 0.4) is 0 Å². The number of amides is 1. The van der Waals surface area contributed by atoms with Crippen molar-refractivity contribution in [2.24, 2.45) is 5.41 Å². The van der Waals surface area contributed by atoms with Gasteiger partial charge < -0.3 is 20.1 Å². The van der Waals surface area contributed by atoms with Crippen molar-refractivity contribution in [2.45, 2.75) is 46.0 Å². The number of likely N-dealkylation sites (tertiary alicyclic amines) is 1. The molecular formula is C28H36Br2N2O4. The molecule has 2 N–H and O–H groups in total. The van der Waals surface area contributed by atoms with E-state index in [1.165, 1.54) is 31.2 Å². The molecule has 1 heterocycles. The van der Waals surface area contributed by atoms with E-state index in [1.54, 1.807) is 0 Å². The van der Waals surface area contributed by atoms with Crippen molar-refractivity contribution < 1.29 is 19.4 Å². The number of carboxylic acids is 1. The molecule has 0 unspecified atom stereocenters. The van der Waals surface area contributed by atoms with E-state index in [0.29, 0.717) is 6.54 Å². The van der Waals surface area contributed by atoms with E-state index < -0.39 is 12.6 Å². The normalized spacial score (nSPS) is 15.6. The number of carbonyl (C=O) groups is 2. The number of carboxylic acid groups (broad SMARTS) is 1. The number of nitrogens with zero attached hydrogens (tertiary/aromatic N) is 1. The molecule has 1 aliphatic heterocycles. The highest BCUT2D eigenvalue weighted by molar-refractivity contribution is 9.10. The minimum atomic E-state index is -1.08. The third-order valence-electron chi connectivity index (χ3n) is 6.90. The van der Waals surface area contributed by atoms with Crippen molar-refractivity contribution in [3.8, 4) is 0 Å². The molecule has 196 valence electrons. The number of carbonyl (C=O) groups excluding carboxylic acids is 1. The van der Waals surface area contributed by atoms with Crippen LogP contribution in [0.15, 0.2) is 45.3 Å². The molecule has 1 fully saturated rings. The summed E-state index contributed by atoms with van der Waals surface area (Å²) in [7, 11) is 0. The number of halogens is 2. The van der Waals surface area contributed by atoms with Crippen LogP contribution in [0.4, 0.5) is 0 Å². The Balaban J connectivity index is 1.57. The summed E-state index contributed by atoms with van der Waals surface area (Å²) in [5.41, 5.74) is 5.43. The van der Waals surface area contributed by atoms with Crippen LogP contribution in [-0.4, -0.2) is 61.3 Å². The molecule has 1 aliphatic rings. The fourth-order valence-electron chi connectivity index (χ4n) is 4.88. The lowest BCUT2D eigenvalue weighted by atomic mass is 9.70. The van der Waals surface area contributed by atoms with Crippen molar-refractivity contribution in [3.05, 3.63) is 67.6 Å². The lowest BCUT2D eigenvalue weighted by molar-refractivity contribution is -0.143. The zero-order valence-corrected chi connectivity index (χ0v) is 24.3. The molecule has 1 saturated heterocycles. The van der Waals surface area contributed by atoms with Gasteiger partial charge in [0.1, 0.15) is 13.2 Å². The molecule has 2 aromatic carbocycles. The molecule has 6 nitrogen and oxygen atoms in total. The third-order valence-corrected chi connectivity index (χ3v) is 8.37. The Morgan fingerprint density at radius 3 is 2.03 bits per heavy atom. The number of piperidine rings is 1. The van der Waals surface area contributed by atoms with Gasteiger partial charge in [-0.05, 0) is 105 Å². The van der Waals surface area contributed by atoms with Gasteiger partial charge >= 0.3 is 5.97 Å². The summed E-state index contributed by atoms with van der Waals surface area (Å²) in [4.78, 5) is 24.7. The van der Waals surface area contributed by atoms with Gasteiger partial charge in [-0.1, -0.05) is 56.1 Å². The number of aryl methyl sites for hydroxylation is 2. The van der Waals surface area contributed by atoms with Gasteiger partial charge in [-0.3, -0.25) is 4.79 Å². The van der Waals surface area contributed by atoms with Gasteiger partial charge in [-0.15, -0.1) is 0 Å². The Morgan fingerprint density at radius 2 is 1.53 bits per heavy atom. The van der Waals surface area contributed by atoms with E-state index in [9.17, 15) is 9.59 Å². The molecule has 36 heavy (non-hydrogen) atoms. The predicted octanol–water partition coefficient (Wildman–Crippen LogP) is 5.30. The standard InChI is InChI=1S/C28H36Br2N2O4/c1-20-4-6-22(24(29)14-20)16-28(17-23-7-5-21(2)15-25(23)30)8-12-32(13-9-28)11-3-10-31-26(33)18-36-19-27(34)35/h4-7,14-15H,3,8-13,16-19H2,1-2H3,(H,31,33)(H,34,35). The second kappa shape index (κ2) is 13.7. The van der Waals surface area contributed by atoms with Gasteiger partial charge in [0.15, 0.2) is 0 Å². The number of ether oxygens (including phenoxy) is 1. The first kappa shape index (κ1) is 28.8. The summed E-state index contributed by atoms with van der Waals surface area (Å²) < 4.78 is 7.21. The SMILES string of the molecule is Cc1ccc(CC2(Cc3ccc(C)cc3Br)CCN(CCCNC(=O)COCC(=O)O)CC2)c(Br)c1. The van der Waals surface area contributed by atoms with Gasteiger partial charge in [-0.2, -0.15) is 0 Å². The molecule has 1 amide bonds. The zero-order valence-electron chi connectivity index (χ0n) is 21.1. The van der Waals surface area contributed by atoms with Gasteiger partial charge in [0, 0.05) is 15.5 Å². The van der Waals surface area contributed by atoms with Crippen LogP contribution in [-0.2, 0) is 27.2 Å². The van der Waals surface area contributed by atoms with Crippen LogP contribution in [0.1, 0.15) is 41.5 Å². The fraction of sp³-hybridized carbons (Fsp3) is 0.500. The Morgan fingerprint density at radius 1 is 0.972 bits per heavy atom. The van der Waals surface area contributed by atoms with Crippen LogP contribution >= 0.6 is 31.9 Å². The van der Waals surface area contributed by atoms with Gasteiger partial charge in [-0.25, -0.2) is 4.79 Å². The maximum atomic E-state index is 11.8. The van der Waals surface area contributed by atoms with Gasteiger partial charge in [0.05, 0.1) is 0 Å². The monoisotopic (exact) mass is 622 g/mol. The topological polar surface area (TPSA) is 78.9 Å². The quantitative estimate of drug-likeness (QED) is 0.314. The lowest BCUT2D eigenvalue weighted by Gasteiger charge is -2.43.